The summed E-state index contributed by atoms with van der Waals surface area (Å²) in [4.78, 5) is 26.3. The maximum Gasteiger partial charge on any atom is 0.269 e. The van der Waals surface area contributed by atoms with Gasteiger partial charge in [0.25, 0.3) is 5.91 Å². The molecule has 4 aromatic heterocycles. The number of thiophene rings is 1. The summed E-state index contributed by atoms with van der Waals surface area (Å²) in [6.07, 6.45) is 3.47. The number of hydrogen-bond donors (Lipinski definition) is 1. The van der Waals surface area contributed by atoms with Crippen LogP contribution in [0.1, 0.15) is 15.4 Å². The molecule has 0 aliphatic carbocycles. The standard InChI is InChI=1S/C17H12N4OS3/c1-10-14(25-16(19-10)12-4-6-23-8-12)15(22)21-17-20-13(9-24-17)11-3-2-5-18-7-11/h2-9H,1H3,(H,20,21,22). The average molecular weight is 385 g/mol. The molecule has 0 aliphatic rings. The number of rotatable bonds is 4. The van der Waals surface area contributed by atoms with E-state index in [-0.39, 0.29) is 5.91 Å². The number of aromatic nitrogens is 3. The first kappa shape index (κ1) is 16.1. The monoisotopic (exact) mass is 384 g/mol. The van der Waals surface area contributed by atoms with Crippen LogP contribution in [0.25, 0.3) is 21.8 Å². The zero-order chi connectivity index (χ0) is 17.2. The van der Waals surface area contributed by atoms with Crippen molar-refractivity contribution in [1.29, 1.82) is 0 Å². The van der Waals surface area contributed by atoms with E-state index in [9.17, 15) is 4.79 Å². The second kappa shape index (κ2) is 6.83. The molecule has 4 aromatic rings. The van der Waals surface area contributed by atoms with Crippen molar-refractivity contribution in [3.8, 4) is 21.8 Å². The quantitative estimate of drug-likeness (QED) is 0.540. The Kier molecular flexibility index (Phi) is 4.39. The Labute approximate surface area is 156 Å². The van der Waals surface area contributed by atoms with Crippen LogP contribution in [0.2, 0.25) is 0 Å². The predicted molar refractivity (Wildman–Crippen MR) is 103 cm³/mol. The third-order valence-electron chi connectivity index (χ3n) is 3.45. The Hall–Kier alpha value is -2.42. The summed E-state index contributed by atoms with van der Waals surface area (Å²) >= 11 is 4.40. The first-order valence-corrected chi connectivity index (χ1v) is 10.0. The SMILES string of the molecule is Cc1nc(-c2ccsc2)sc1C(=O)Nc1nc(-c2cccnc2)cs1. The van der Waals surface area contributed by atoms with Gasteiger partial charge in [0.15, 0.2) is 5.13 Å². The zero-order valence-electron chi connectivity index (χ0n) is 13.1. The molecule has 4 rings (SSSR count). The summed E-state index contributed by atoms with van der Waals surface area (Å²) in [5.41, 5.74) is 3.50. The highest BCUT2D eigenvalue weighted by Crippen LogP contribution is 2.30. The smallest absolute Gasteiger partial charge is 0.269 e. The van der Waals surface area contributed by atoms with Gasteiger partial charge < -0.3 is 0 Å². The van der Waals surface area contributed by atoms with E-state index in [1.54, 1.807) is 23.7 Å². The molecule has 8 heteroatoms. The zero-order valence-corrected chi connectivity index (χ0v) is 15.5. The minimum absolute atomic E-state index is 0.177. The van der Waals surface area contributed by atoms with E-state index in [0.717, 1.165) is 27.5 Å². The summed E-state index contributed by atoms with van der Waals surface area (Å²) in [7, 11) is 0. The molecule has 5 nitrogen and oxygen atoms in total. The van der Waals surface area contributed by atoms with Crippen LogP contribution in [0.4, 0.5) is 5.13 Å². The second-order valence-electron chi connectivity index (χ2n) is 5.18. The summed E-state index contributed by atoms with van der Waals surface area (Å²) in [6, 6.07) is 5.80. The number of nitrogens with one attached hydrogen (secondary N) is 1. The van der Waals surface area contributed by atoms with Crippen LogP contribution < -0.4 is 5.32 Å². The Morgan fingerprint density at radius 3 is 2.84 bits per heavy atom. The number of carbonyl (C=O) groups is 1. The molecule has 0 spiro atoms. The number of aryl methyl sites for hydroxylation is 1. The minimum atomic E-state index is -0.177. The van der Waals surface area contributed by atoms with Gasteiger partial charge in [0, 0.05) is 34.3 Å². The van der Waals surface area contributed by atoms with Crippen molar-refractivity contribution in [2.45, 2.75) is 6.92 Å². The Morgan fingerprint density at radius 1 is 1.16 bits per heavy atom. The van der Waals surface area contributed by atoms with Gasteiger partial charge in [-0.2, -0.15) is 11.3 Å². The van der Waals surface area contributed by atoms with E-state index in [1.165, 1.54) is 22.7 Å². The molecule has 0 atom stereocenters. The van der Waals surface area contributed by atoms with Gasteiger partial charge in [-0.1, -0.05) is 0 Å². The number of carbonyl (C=O) groups excluding carboxylic acids is 1. The van der Waals surface area contributed by atoms with Gasteiger partial charge in [-0.25, -0.2) is 9.97 Å². The summed E-state index contributed by atoms with van der Waals surface area (Å²) in [6.45, 7) is 1.85. The third kappa shape index (κ3) is 3.37. The molecule has 0 fully saturated rings. The van der Waals surface area contributed by atoms with Crippen molar-refractivity contribution < 1.29 is 4.79 Å². The lowest BCUT2D eigenvalue weighted by Crippen LogP contribution is -2.11. The number of nitrogens with zero attached hydrogens (tertiary/aromatic N) is 3. The van der Waals surface area contributed by atoms with Gasteiger partial charge in [0.1, 0.15) is 9.88 Å². The van der Waals surface area contributed by atoms with Crippen LogP contribution in [-0.4, -0.2) is 20.9 Å². The van der Waals surface area contributed by atoms with Crippen LogP contribution >= 0.6 is 34.0 Å². The van der Waals surface area contributed by atoms with Gasteiger partial charge in [0.2, 0.25) is 0 Å². The lowest BCUT2D eigenvalue weighted by atomic mass is 10.2. The van der Waals surface area contributed by atoms with Crippen LogP contribution in [0.3, 0.4) is 0 Å². The molecule has 124 valence electrons. The summed E-state index contributed by atoms with van der Waals surface area (Å²) < 4.78 is 0. The number of thiazole rings is 2. The molecule has 1 N–H and O–H groups in total. The van der Waals surface area contributed by atoms with E-state index in [1.807, 2.05) is 41.3 Å². The predicted octanol–water partition coefficient (Wildman–Crippen LogP) is 4.95. The summed E-state index contributed by atoms with van der Waals surface area (Å²) in [5.74, 6) is -0.177. The van der Waals surface area contributed by atoms with Gasteiger partial charge in [-0.15, -0.1) is 22.7 Å². The molecule has 25 heavy (non-hydrogen) atoms. The third-order valence-corrected chi connectivity index (χ3v) is 6.10. The second-order valence-corrected chi connectivity index (χ2v) is 7.82. The van der Waals surface area contributed by atoms with Gasteiger partial charge in [-0.05, 0) is 30.5 Å². The molecule has 0 aliphatic heterocycles. The van der Waals surface area contributed by atoms with E-state index in [0.29, 0.717) is 10.0 Å². The largest absolute Gasteiger partial charge is 0.297 e. The highest BCUT2D eigenvalue weighted by Gasteiger charge is 2.18. The highest BCUT2D eigenvalue weighted by molar-refractivity contribution is 7.18. The minimum Gasteiger partial charge on any atom is -0.297 e. The fraction of sp³-hybridized carbons (Fsp3) is 0.0588. The number of amides is 1. The van der Waals surface area contributed by atoms with E-state index in [2.05, 4.69) is 20.3 Å². The molecule has 0 saturated heterocycles. The highest BCUT2D eigenvalue weighted by atomic mass is 32.1. The molecular weight excluding hydrogens is 372 g/mol. The van der Waals surface area contributed by atoms with Crippen LogP contribution in [0, 0.1) is 6.92 Å². The Bertz CT molecular complexity index is 1010. The lowest BCUT2D eigenvalue weighted by Gasteiger charge is -1.99. The van der Waals surface area contributed by atoms with E-state index >= 15 is 0 Å². The van der Waals surface area contributed by atoms with Crippen molar-refractivity contribution >= 4 is 45.0 Å². The van der Waals surface area contributed by atoms with Crippen molar-refractivity contribution in [3.05, 3.63) is 57.3 Å². The van der Waals surface area contributed by atoms with Crippen LogP contribution in [-0.2, 0) is 0 Å². The molecule has 0 saturated carbocycles. The number of anilines is 1. The van der Waals surface area contributed by atoms with Crippen LogP contribution in [0.5, 0.6) is 0 Å². The molecule has 1 amide bonds. The van der Waals surface area contributed by atoms with Crippen molar-refractivity contribution in [2.24, 2.45) is 0 Å². The maximum absolute atomic E-state index is 12.6. The van der Waals surface area contributed by atoms with Crippen molar-refractivity contribution in [1.82, 2.24) is 15.0 Å². The normalized spacial score (nSPS) is 10.8. The van der Waals surface area contributed by atoms with Crippen LogP contribution in [0.15, 0.2) is 46.7 Å². The van der Waals surface area contributed by atoms with Crippen molar-refractivity contribution in [3.63, 3.8) is 0 Å². The number of pyridine rings is 1. The first-order valence-electron chi connectivity index (χ1n) is 7.38. The topological polar surface area (TPSA) is 67.8 Å². The summed E-state index contributed by atoms with van der Waals surface area (Å²) in [5, 5.41) is 10.2. The molecule has 4 heterocycles. The van der Waals surface area contributed by atoms with Crippen molar-refractivity contribution in [2.75, 3.05) is 5.32 Å². The van der Waals surface area contributed by atoms with Gasteiger partial charge in [0.05, 0.1) is 11.4 Å². The Balaban J connectivity index is 1.54. The lowest BCUT2D eigenvalue weighted by molar-refractivity contribution is 0.103. The van der Waals surface area contributed by atoms with Gasteiger partial charge >= 0.3 is 0 Å². The fourth-order valence-electron chi connectivity index (χ4n) is 2.25. The van der Waals surface area contributed by atoms with E-state index in [4.69, 9.17) is 0 Å². The maximum atomic E-state index is 12.6. The Morgan fingerprint density at radius 2 is 2.08 bits per heavy atom. The number of hydrogen-bond acceptors (Lipinski definition) is 7. The molecule has 0 bridgehead atoms. The molecule has 0 unspecified atom stereocenters. The average Bonchev–Trinajstić information content (AvgIpc) is 3.35. The van der Waals surface area contributed by atoms with Gasteiger partial charge in [-0.3, -0.25) is 15.1 Å². The molecule has 0 aromatic carbocycles. The van der Waals surface area contributed by atoms with E-state index < -0.39 is 0 Å². The molecule has 0 radical (unpaired) electrons. The first-order chi connectivity index (χ1) is 12.2. The molecular formula is C17H12N4OS3. The fourth-order valence-corrected chi connectivity index (χ4v) is 4.64.